The van der Waals surface area contributed by atoms with Crippen molar-refractivity contribution in [3.8, 4) is 11.3 Å². The summed E-state index contributed by atoms with van der Waals surface area (Å²) in [6.07, 6.45) is 12.5. The van der Waals surface area contributed by atoms with Crippen molar-refractivity contribution >= 4 is 11.8 Å². The molecular weight excluding hydrogens is 362 g/mol. The standard InChI is InChI=1S/C23H35N5O/c1-3-4-13-24-23-26-16-20(21-12-9-18(15-25-21)6-5-14-29)22(28-23)27-19-10-7-17(2)8-11-19/h9,12,15-17,19,29H,3-8,10-11,13-14H2,1-2H3,(H2,24,26,27,28). The van der Waals surface area contributed by atoms with E-state index in [1.54, 1.807) is 0 Å². The average molecular weight is 398 g/mol. The molecule has 0 atom stereocenters. The van der Waals surface area contributed by atoms with E-state index in [1.165, 1.54) is 25.7 Å². The lowest BCUT2D eigenvalue weighted by Gasteiger charge is -2.28. The number of unbranched alkanes of at least 4 members (excludes halogenated alkanes) is 1. The second kappa shape index (κ2) is 11.1. The first-order valence-corrected chi connectivity index (χ1v) is 11.1. The van der Waals surface area contributed by atoms with Crippen LogP contribution in [-0.4, -0.2) is 39.3 Å². The Hall–Kier alpha value is -2.21. The minimum Gasteiger partial charge on any atom is -0.396 e. The van der Waals surface area contributed by atoms with Gasteiger partial charge in [0.1, 0.15) is 5.82 Å². The molecule has 1 fully saturated rings. The molecule has 1 aliphatic carbocycles. The number of pyridine rings is 1. The molecule has 6 nitrogen and oxygen atoms in total. The van der Waals surface area contributed by atoms with E-state index in [1.807, 2.05) is 18.5 Å². The quantitative estimate of drug-likeness (QED) is 0.506. The Bertz CT molecular complexity index is 741. The topological polar surface area (TPSA) is 83.0 Å². The second-order valence-electron chi connectivity index (χ2n) is 8.22. The van der Waals surface area contributed by atoms with E-state index in [9.17, 15) is 0 Å². The summed E-state index contributed by atoms with van der Waals surface area (Å²) in [6, 6.07) is 4.56. The van der Waals surface area contributed by atoms with Crippen LogP contribution in [0.4, 0.5) is 11.8 Å². The fourth-order valence-electron chi connectivity index (χ4n) is 3.75. The van der Waals surface area contributed by atoms with E-state index in [2.05, 4.69) is 40.5 Å². The van der Waals surface area contributed by atoms with Crippen molar-refractivity contribution in [1.82, 2.24) is 15.0 Å². The van der Waals surface area contributed by atoms with Gasteiger partial charge in [0.2, 0.25) is 5.95 Å². The molecular formula is C23H35N5O. The van der Waals surface area contributed by atoms with Crippen molar-refractivity contribution in [1.29, 1.82) is 0 Å². The van der Waals surface area contributed by atoms with Crippen LogP contribution in [0.25, 0.3) is 11.3 Å². The summed E-state index contributed by atoms with van der Waals surface area (Å²) >= 11 is 0. The van der Waals surface area contributed by atoms with Crippen molar-refractivity contribution in [2.75, 3.05) is 23.8 Å². The summed E-state index contributed by atoms with van der Waals surface area (Å²) in [5, 5.41) is 16.0. The van der Waals surface area contributed by atoms with Crippen LogP contribution >= 0.6 is 0 Å². The molecule has 0 saturated heterocycles. The minimum absolute atomic E-state index is 0.205. The zero-order valence-electron chi connectivity index (χ0n) is 17.8. The van der Waals surface area contributed by atoms with Crippen molar-refractivity contribution in [3.05, 3.63) is 30.1 Å². The second-order valence-corrected chi connectivity index (χ2v) is 8.22. The van der Waals surface area contributed by atoms with Gasteiger partial charge in [0.15, 0.2) is 0 Å². The first-order chi connectivity index (χ1) is 14.2. The fourth-order valence-corrected chi connectivity index (χ4v) is 3.75. The van der Waals surface area contributed by atoms with Gasteiger partial charge in [0, 0.05) is 31.6 Å². The van der Waals surface area contributed by atoms with E-state index >= 15 is 0 Å². The van der Waals surface area contributed by atoms with Crippen molar-refractivity contribution < 1.29 is 5.11 Å². The highest BCUT2D eigenvalue weighted by molar-refractivity contribution is 5.72. The maximum absolute atomic E-state index is 9.02. The maximum Gasteiger partial charge on any atom is 0.224 e. The fraction of sp³-hybridized carbons (Fsp3) is 0.609. The van der Waals surface area contributed by atoms with Crippen LogP contribution < -0.4 is 10.6 Å². The normalized spacial score (nSPS) is 19.1. The molecule has 29 heavy (non-hydrogen) atoms. The van der Waals surface area contributed by atoms with Crippen LogP contribution in [0.15, 0.2) is 24.5 Å². The van der Waals surface area contributed by atoms with Gasteiger partial charge in [0.05, 0.1) is 11.3 Å². The first kappa shape index (κ1) is 21.5. The Morgan fingerprint density at radius 1 is 1.07 bits per heavy atom. The van der Waals surface area contributed by atoms with Crippen LogP contribution in [-0.2, 0) is 6.42 Å². The van der Waals surface area contributed by atoms with Crippen LogP contribution in [0.2, 0.25) is 0 Å². The molecule has 2 aromatic rings. The first-order valence-electron chi connectivity index (χ1n) is 11.1. The number of aliphatic hydroxyl groups is 1. The van der Waals surface area contributed by atoms with Crippen LogP contribution in [0.3, 0.4) is 0 Å². The number of anilines is 2. The summed E-state index contributed by atoms with van der Waals surface area (Å²) in [5.74, 6) is 2.36. The third-order valence-corrected chi connectivity index (χ3v) is 5.68. The minimum atomic E-state index is 0.205. The highest BCUT2D eigenvalue weighted by atomic mass is 16.2. The molecule has 0 aliphatic heterocycles. The lowest BCUT2D eigenvalue weighted by molar-refractivity contribution is 0.288. The van der Waals surface area contributed by atoms with E-state index in [-0.39, 0.29) is 6.61 Å². The van der Waals surface area contributed by atoms with Crippen molar-refractivity contribution in [3.63, 3.8) is 0 Å². The molecule has 0 aromatic carbocycles. The molecule has 2 heterocycles. The van der Waals surface area contributed by atoms with Gasteiger partial charge in [-0.25, -0.2) is 4.98 Å². The molecule has 1 saturated carbocycles. The Labute approximate surface area is 174 Å². The van der Waals surface area contributed by atoms with Crippen molar-refractivity contribution in [2.24, 2.45) is 5.92 Å². The maximum atomic E-state index is 9.02. The van der Waals surface area contributed by atoms with Gasteiger partial charge >= 0.3 is 0 Å². The van der Waals surface area contributed by atoms with E-state index in [4.69, 9.17) is 10.1 Å². The van der Waals surface area contributed by atoms with Gasteiger partial charge in [0.25, 0.3) is 0 Å². The number of aromatic nitrogens is 3. The van der Waals surface area contributed by atoms with Gasteiger partial charge in [-0.2, -0.15) is 4.98 Å². The predicted molar refractivity (Wildman–Crippen MR) is 119 cm³/mol. The Kier molecular flexibility index (Phi) is 8.23. The van der Waals surface area contributed by atoms with Gasteiger partial charge < -0.3 is 15.7 Å². The smallest absolute Gasteiger partial charge is 0.224 e. The van der Waals surface area contributed by atoms with Crippen LogP contribution in [0, 0.1) is 5.92 Å². The highest BCUT2D eigenvalue weighted by Crippen LogP contribution is 2.30. The molecule has 158 valence electrons. The summed E-state index contributed by atoms with van der Waals surface area (Å²) in [5.41, 5.74) is 2.96. The molecule has 0 radical (unpaired) electrons. The number of rotatable bonds is 10. The molecule has 2 aromatic heterocycles. The molecule has 0 spiro atoms. The predicted octanol–water partition coefficient (Wildman–Crippen LogP) is 4.67. The van der Waals surface area contributed by atoms with Crippen LogP contribution in [0.1, 0.15) is 64.4 Å². The molecule has 1 aliphatic rings. The number of aliphatic hydroxyl groups excluding tert-OH is 1. The number of nitrogens with zero attached hydrogens (tertiary/aromatic N) is 3. The number of aryl methyl sites for hydroxylation is 1. The molecule has 0 amide bonds. The largest absolute Gasteiger partial charge is 0.396 e. The summed E-state index contributed by atoms with van der Waals surface area (Å²) in [7, 11) is 0. The zero-order valence-corrected chi connectivity index (χ0v) is 17.8. The number of hydrogen-bond acceptors (Lipinski definition) is 6. The monoisotopic (exact) mass is 397 g/mol. The van der Waals surface area contributed by atoms with Gasteiger partial charge in [-0.15, -0.1) is 0 Å². The number of hydrogen-bond donors (Lipinski definition) is 3. The lowest BCUT2D eigenvalue weighted by Crippen LogP contribution is -2.26. The average Bonchev–Trinajstić information content (AvgIpc) is 2.75. The third kappa shape index (κ3) is 6.39. The Morgan fingerprint density at radius 2 is 1.90 bits per heavy atom. The summed E-state index contributed by atoms with van der Waals surface area (Å²) < 4.78 is 0. The van der Waals surface area contributed by atoms with Gasteiger partial charge in [-0.3, -0.25) is 4.98 Å². The lowest BCUT2D eigenvalue weighted by atomic mass is 9.87. The third-order valence-electron chi connectivity index (χ3n) is 5.68. The molecule has 6 heteroatoms. The highest BCUT2D eigenvalue weighted by Gasteiger charge is 2.20. The summed E-state index contributed by atoms with van der Waals surface area (Å²) in [4.78, 5) is 14.0. The summed E-state index contributed by atoms with van der Waals surface area (Å²) in [6.45, 7) is 5.60. The molecule has 0 bridgehead atoms. The zero-order chi connectivity index (χ0) is 20.5. The molecule has 3 rings (SSSR count). The van der Waals surface area contributed by atoms with E-state index < -0.39 is 0 Å². The molecule has 3 N–H and O–H groups in total. The molecule has 0 unspecified atom stereocenters. The van der Waals surface area contributed by atoms with Crippen LogP contribution in [0.5, 0.6) is 0 Å². The number of nitrogens with one attached hydrogen (secondary N) is 2. The van der Waals surface area contributed by atoms with E-state index in [0.717, 1.165) is 60.8 Å². The van der Waals surface area contributed by atoms with Crippen molar-refractivity contribution in [2.45, 2.75) is 71.3 Å². The Balaban J connectivity index is 1.80. The van der Waals surface area contributed by atoms with E-state index in [0.29, 0.717) is 12.0 Å². The van der Waals surface area contributed by atoms with Gasteiger partial charge in [-0.1, -0.05) is 26.3 Å². The Morgan fingerprint density at radius 3 is 2.59 bits per heavy atom. The van der Waals surface area contributed by atoms with Gasteiger partial charge in [-0.05, 0) is 62.5 Å². The SMILES string of the molecule is CCCCNc1ncc(-c2ccc(CCCO)cn2)c(NC2CCC(C)CC2)n1.